The molecule has 1 N–H and O–H groups in total. The molecule has 0 saturated heterocycles. The van der Waals surface area contributed by atoms with E-state index in [4.69, 9.17) is 4.98 Å². The number of aryl methyl sites for hydroxylation is 2. The third-order valence-corrected chi connectivity index (χ3v) is 6.88. The summed E-state index contributed by atoms with van der Waals surface area (Å²) < 4.78 is 3.32. The molecule has 0 unspecified atom stereocenters. The lowest BCUT2D eigenvalue weighted by Crippen LogP contribution is -2.27. The minimum atomic E-state index is -0.252. The second kappa shape index (κ2) is 7.37. The number of hydrogen-bond donors (Lipinski definition) is 1. The minimum Gasteiger partial charge on any atom is -0.302 e. The number of carbonyl (C=O) groups excluding carboxylic acids is 1. The van der Waals surface area contributed by atoms with Gasteiger partial charge in [0.25, 0.3) is 5.56 Å². The van der Waals surface area contributed by atoms with Crippen molar-refractivity contribution in [2.45, 2.75) is 31.5 Å². The molecule has 152 valence electrons. The van der Waals surface area contributed by atoms with Gasteiger partial charge in [-0.15, -0.1) is 11.3 Å². The molecule has 0 spiro atoms. The Morgan fingerprint density at radius 2 is 2.17 bits per heavy atom. The number of benzene rings is 1. The van der Waals surface area contributed by atoms with Gasteiger partial charge in [0, 0.05) is 17.6 Å². The normalized spacial score (nSPS) is 15.5. The van der Waals surface area contributed by atoms with Crippen LogP contribution in [0, 0.1) is 13.8 Å². The van der Waals surface area contributed by atoms with E-state index in [1.165, 1.54) is 23.1 Å². The predicted molar refractivity (Wildman–Crippen MR) is 118 cm³/mol. The van der Waals surface area contributed by atoms with E-state index in [2.05, 4.69) is 15.4 Å². The maximum atomic E-state index is 13.2. The van der Waals surface area contributed by atoms with Crippen LogP contribution in [0.3, 0.4) is 0 Å². The van der Waals surface area contributed by atoms with Crippen LogP contribution in [0.25, 0.3) is 16.7 Å². The lowest BCUT2D eigenvalue weighted by atomic mass is 10.2. The maximum absolute atomic E-state index is 13.2. The van der Waals surface area contributed by atoms with E-state index >= 15 is 0 Å². The number of thiazole rings is 1. The highest BCUT2D eigenvalue weighted by atomic mass is 32.2. The van der Waals surface area contributed by atoms with Gasteiger partial charge in [-0.1, -0.05) is 23.9 Å². The van der Waals surface area contributed by atoms with Crippen LogP contribution in [-0.4, -0.2) is 36.0 Å². The molecule has 4 aromatic rings. The van der Waals surface area contributed by atoms with E-state index in [1.807, 2.05) is 43.5 Å². The third-order valence-electron chi connectivity index (χ3n) is 4.90. The standard InChI is InChI=1S/C20H18N6O2S2/c1-11-4-3-5-13(6-11)26-17-15(8-21-26)18(28)25-14(10-30-20(25)24-17)7-16(27)23-19-22-12(2)9-29-19/h3-6,8-9,14H,7,10H2,1-2H3,(H,22,23,27)/t14-/m1/s1. The summed E-state index contributed by atoms with van der Waals surface area (Å²) in [7, 11) is 0. The molecule has 1 aromatic carbocycles. The molecular weight excluding hydrogens is 420 g/mol. The zero-order chi connectivity index (χ0) is 20.8. The largest absolute Gasteiger partial charge is 0.302 e. The summed E-state index contributed by atoms with van der Waals surface area (Å²) in [6.45, 7) is 3.89. The second-order valence-electron chi connectivity index (χ2n) is 7.21. The van der Waals surface area contributed by atoms with Crippen LogP contribution in [0.2, 0.25) is 0 Å². The van der Waals surface area contributed by atoms with E-state index in [-0.39, 0.29) is 23.9 Å². The number of thioether (sulfide) groups is 1. The zero-order valence-corrected chi connectivity index (χ0v) is 18.0. The van der Waals surface area contributed by atoms with Crippen LogP contribution < -0.4 is 10.9 Å². The Morgan fingerprint density at radius 3 is 2.93 bits per heavy atom. The molecule has 1 aliphatic rings. The Balaban J connectivity index is 1.47. The Bertz CT molecular complexity index is 1340. The van der Waals surface area contributed by atoms with Crippen LogP contribution in [0.5, 0.6) is 0 Å². The molecule has 1 atom stereocenters. The molecule has 1 aliphatic heterocycles. The summed E-state index contributed by atoms with van der Waals surface area (Å²) in [6.07, 6.45) is 1.75. The van der Waals surface area contributed by atoms with Gasteiger partial charge in [-0.3, -0.25) is 14.2 Å². The first kappa shape index (κ1) is 19.0. The van der Waals surface area contributed by atoms with Gasteiger partial charge >= 0.3 is 0 Å². The molecule has 4 heterocycles. The Labute approximate surface area is 180 Å². The lowest BCUT2D eigenvalue weighted by Gasteiger charge is -2.13. The molecule has 0 aliphatic carbocycles. The molecule has 30 heavy (non-hydrogen) atoms. The van der Waals surface area contributed by atoms with Crippen LogP contribution in [-0.2, 0) is 4.79 Å². The number of nitrogens with one attached hydrogen (secondary N) is 1. The van der Waals surface area contributed by atoms with Crippen molar-refractivity contribution in [3.05, 3.63) is 57.5 Å². The van der Waals surface area contributed by atoms with Crippen molar-refractivity contribution in [3.63, 3.8) is 0 Å². The lowest BCUT2D eigenvalue weighted by molar-refractivity contribution is -0.116. The van der Waals surface area contributed by atoms with E-state index in [0.29, 0.717) is 27.1 Å². The topological polar surface area (TPSA) is 94.7 Å². The third kappa shape index (κ3) is 3.31. The van der Waals surface area contributed by atoms with Crippen LogP contribution in [0.1, 0.15) is 23.7 Å². The van der Waals surface area contributed by atoms with E-state index in [1.54, 1.807) is 15.4 Å². The highest BCUT2D eigenvalue weighted by Crippen LogP contribution is 2.33. The van der Waals surface area contributed by atoms with Crippen molar-refractivity contribution < 1.29 is 4.79 Å². The number of hydrogen-bond acceptors (Lipinski definition) is 7. The number of rotatable bonds is 4. The molecule has 0 bridgehead atoms. The number of fused-ring (bicyclic) bond motifs is 2. The van der Waals surface area contributed by atoms with Crippen molar-refractivity contribution in [2.75, 3.05) is 11.1 Å². The van der Waals surface area contributed by atoms with E-state index < -0.39 is 0 Å². The van der Waals surface area contributed by atoms with Crippen molar-refractivity contribution in [1.82, 2.24) is 24.3 Å². The molecule has 5 rings (SSSR count). The van der Waals surface area contributed by atoms with E-state index in [0.717, 1.165) is 16.9 Å². The van der Waals surface area contributed by atoms with Gasteiger partial charge in [-0.2, -0.15) is 5.10 Å². The fourth-order valence-electron chi connectivity index (χ4n) is 3.53. The Morgan fingerprint density at radius 1 is 1.30 bits per heavy atom. The molecular formula is C20H18N6O2S2. The zero-order valence-electron chi connectivity index (χ0n) is 16.3. The SMILES string of the molecule is Cc1cccc(-n2ncc3c(=O)n4c(nc32)SC[C@H]4CC(=O)Nc2nc(C)cs2)c1. The predicted octanol–water partition coefficient (Wildman–Crippen LogP) is 3.33. The highest BCUT2D eigenvalue weighted by Gasteiger charge is 2.29. The summed E-state index contributed by atoms with van der Waals surface area (Å²) >= 11 is 2.87. The summed E-state index contributed by atoms with van der Waals surface area (Å²) in [5, 5.41) is 10.7. The summed E-state index contributed by atoms with van der Waals surface area (Å²) in [5.74, 6) is 0.460. The van der Waals surface area contributed by atoms with E-state index in [9.17, 15) is 9.59 Å². The number of aromatic nitrogens is 5. The van der Waals surface area contributed by atoms with Crippen molar-refractivity contribution >= 4 is 45.2 Å². The maximum Gasteiger partial charge on any atom is 0.265 e. The second-order valence-corrected chi connectivity index (χ2v) is 9.06. The molecule has 0 saturated carbocycles. The smallest absolute Gasteiger partial charge is 0.265 e. The summed E-state index contributed by atoms with van der Waals surface area (Å²) in [4.78, 5) is 34.6. The van der Waals surface area contributed by atoms with Crippen LogP contribution in [0.4, 0.5) is 5.13 Å². The molecule has 8 nitrogen and oxygen atoms in total. The molecule has 10 heteroatoms. The van der Waals surface area contributed by atoms with Crippen LogP contribution in [0.15, 0.2) is 45.8 Å². The van der Waals surface area contributed by atoms with Gasteiger partial charge in [-0.05, 0) is 31.5 Å². The minimum absolute atomic E-state index is 0.162. The molecule has 3 aromatic heterocycles. The summed E-state index contributed by atoms with van der Waals surface area (Å²) in [5.41, 5.74) is 3.20. The number of carbonyl (C=O) groups is 1. The molecule has 1 amide bonds. The first-order chi connectivity index (χ1) is 14.5. The van der Waals surface area contributed by atoms with Crippen molar-refractivity contribution in [3.8, 4) is 5.69 Å². The molecule has 0 radical (unpaired) electrons. The number of anilines is 1. The first-order valence-corrected chi connectivity index (χ1v) is 11.3. The first-order valence-electron chi connectivity index (χ1n) is 9.41. The van der Waals surface area contributed by atoms with Gasteiger partial charge in [0.1, 0.15) is 5.39 Å². The van der Waals surface area contributed by atoms with Gasteiger partial charge in [0.2, 0.25) is 5.91 Å². The average molecular weight is 439 g/mol. The Hall–Kier alpha value is -2.98. The number of amides is 1. The average Bonchev–Trinajstić information content (AvgIpc) is 3.41. The van der Waals surface area contributed by atoms with Gasteiger partial charge in [0.05, 0.1) is 23.6 Å². The van der Waals surface area contributed by atoms with Crippen LogP contribution >= 0.6 is 23.1 Å². The fraction of sp³-hybridized carbons (Fsp3) is 0.250. The van der Waals surface area contributed by atoms with Gasteiger partial charge in [-0.25, -0.2) is 14.6 Å². The Kier molecular flexibility index (Phi) is 4.67. The molecule has 0 fully saturated rings. The highest BCUT2D eigenvalue weighted by molar-refractivity contribution is 7.99. The summed E-state index contributed by atoms with van der Waals surface area (Å²) in [6, 6.07) is 7.64. The van der Waals surface area contributed by atoms with Gasteiger partial charge in [0.15, 0.2) is 15.9 Å². The van der Waals surface area contributed by atoms with Crippen molar-refractivity contribution in [2.24, 2.45) is 0 Å². The number of nitrogens with zero attached hydrogens (tertiary/aromatic N) is 5. The quantitative estimate of drug-likeness (QED) is 0.491. The van der Waals surface area contributed by atoms with Crippen molar-refractivity contribution in [1.29, 1.82) is 0 Å². The fourth-order valence-corrected chi connectivity index (χ4v) is 5.36. The monoisotopic (exact) mass is 438 g/mol. The van der Waals surface area contributed by atoms with Gasteiger partial charge < -0.3 is 5.32 Å².